The Hall–Kier alpha value is -1.26. The van der Waals surface area contributed by atoms with Gasteiger partial charge in [0, 0.05) is 13.1 Å². The van der Waals surface area contributed by atoms with Gasteiger partial charge in [-0.05, 0) is 31.1 Å². The molecular formula is C14H26N2O3. The molecule has 5 heteroatoms. The third-order valence-corrected chi connectivity index (χ3v) is 3.72. The Balaban J connectivity index is 2.67. The van der Waals surface area contributed by atoms with Crippen molar-refractivity contribution in [3.63, 3.8) is 0 Å². The van der Waals surface area contributed by atoms with E-state index in [1.54, 1.807) is 0 Å². The molecule has 2 atom stereocenters. The van der Waals surface area contributed by atoms with E-state index in [0.717, 1.165) is 25.9 Å². The van der Waals surface area contributed by atoms with Crippen molar-refractivity contribution >= 4 is 12.0 Å². The minimum Gasteiger partial charge on any atom is -0.453 e. The normalized spacial score (nSPS) is 21.7. The molecule has 0 spiro atoms. The highest BCUT2D eigenvalue weighted by Crippen LogP contribution is 2.18. The lowest BCUT2D eigenvalue weighted by Gasteiger charge is -2.28. The lowest BCUT2D eigenvalue weighted by molar-refractivity contribution is -0.134. The molecule has 0 saturated carbocycles. The molecule has 0 aliphatic carbocycles. The minimum atomic E-state index is -0.546. The number of ether oxygens (including phenoxy) is 1. The fourth-order valence-corrected chi connectivity index (χ4v) is 2.38. The van der Waals surface area contributed by atoms with Crippen LogP contribution in [-0.2, 0) is 9.53 Å². The third-order valence-electron chi connectivity index (χ3n) is 3.72. The summed E-state index contributed by atoms with van der Waals surface area (Å²) in [5.74, 6) is 0.727. The lowest BCUT2D eigenvalue weighted by atomic mass is 10.0. The number of alkyl carbamates (subject to hydrolysis) is 1. The maximum Gasteiger partial charge on any atom is 0.407 e. The zero-order valence-electron chi connectivity index (χ0n) is 12.4. The van der Waals surface area contributed by atoms with Crippen molar-refractivity contribution in [1.82, 2.24) is 10.2 Å². The highest BCUT2D eigenvalue weighted by atomic mass is 16.5. The van der Waals surface area contributed by atoms with Gasteiger partial charge in [-0.15, -0.1) is 0 Å². The molecule has 1 rings (SSSR count). The van der Waals surface area contributed by atoms with E-state index in [9.17, 15) is 9.59 Å². The number of nitrogens with one attached hydrogen (secondary N) is 1. The molecular weight excluding hydrogens is 244 g/mol. The summed E-state index contributed by atoms with van der Waals surface area (Å²) in [6.07, 6.45) is 2.70. The molecule has 1 heterocycles. The van der Waals surface area contributed by atoms with Crippen LogP contribution in [0.25, 0.3) is 0 Å². The first kappa shape index (κ1) is 15.8. The van der Waals surface area contributed by atoms with Crippen LogP contribution in [0.2, 0.25) is 0 Å². The largest absolute Gasteiger partial charge is 0.453 e. The summed E-state index contributed by atoms with van der Waals surface area (Å²) in [6, 6.07) is -0.499. The van der Waals surface area contributed by atoms with Gasteiger partial charge in [-0.1, -0.05) is 20.8 Å². The Morgan fingerprint density at radius 2 is 1.95 bits per heavy atom. The van der Waals surface area contributed by atoms with Gasteiger partial charge in [-0.25, -0.2) is 4.79 Å². The molecule has 2 amide bonds. The number of carbonyl (C=O) groups excluding carboxylic acids is 2. The Bertz CT molecular complexity index is 318. The van der Waals surface area contributed by atoms with E-state index in [1.165, 1.54) is 13.5 Å². The average Bonchev–Trinajstić information content (AvgIpc) is 2.59. The lowest BCUT2D eigenvalue weighted by Crippen LogP contribution is -2.51. The van der Waals surface area contributed by atoms with E-state index in [1.807, 2.05) is 18.7 Å². The predicted molar refractivity (Wildman–Crippen MR) is 73.8 cm³/mol. The van der Waals surface area contributed by atoms with Crippen LogP contribution in [0, 0.1) is 11.8 Å². The number of methoxy groups -OCH3 is 1. The first-order valence-corrected chi connectivity index (χ1v) is 7.09. The number of amides is 2. The highest BCUT2D eigenvalue weighted by Gasteiger charge is 2.29. The summed E-state index contributed by atoms with van der Waals surface area (Å²) in [4.78, 5) is 25.7. The summed E-state index contributed by atoms with van der Waals surface area (Å²) < 4.78 is 4.59. The van der Waals surface area contributed by atoms with Gasteiger partial charge in [0.1, 0.15) is 6.04 Å². The van der Waals surface area contributed by atoms with E-state index in [2.05, 4.69) is 17.0 Å². The number of hydrogen-bond acceptors (Lipinski definition) is 3. The van der Waals surface area contributed by atoms with Crippen molar-refractivity contribution in [2.24, 2.45) is 11.8 Å². The maximum atomic E-state index is 12.5. The van der Waals surface area contributed by atoms with Crippen molar-refractivity contribution in [1.29, 1.82) is 0 Å². The quantitative estimate of drug-likeness (QED) is 0.853. The zero-order chi connectivity index (χ0) is 14.4. The smallest absolute Gasteiger partial charge is 0.407 e. The molecule has 1 N–H and O–H groups in total. The molecule has 0 aromatic heterocycles. The summed E-state index contributed by atoms with van der Waals surface area (Å²) in [6.45, 7) is 7.65. The molecule has 1 saturated heterocycles. The summed E-state index contributed by atoms with van der Waals surface area (Å²) >= 11 is 0. The summed E-state index contributed by atoms with van der Waals surface area (Å²) in [7, 11) is 1.31. The monoisotopic (exact) mass is 270 g/mol. The van der Waals surface area contributed by atoms with Crippen molar-refractivity contribution in [3.8, 4) is 0 Å². The van der Waals surface area contributed by atoms with Crippen molar-refractivity contribution in [3.05, 3.63) is 0 Å². The Labute approximate surface area is 115 Å². The first-order chi connectivity index (χ1) is 8.95. The van der Waals surface area contributed by atoms with Crippen LogP contribution < -0.4 is 5.32 Å². The molecule has 1 aliphatic rings. The molecule has 0 radical (unpaired) electrons. The first-order valence-electron chi connectivity index (χ1n) is 7.09. The topological polar surface area (TPSA) is 58.6 Å². The highest BCUT2D eigenvalue weighted by molar-refractivity contribution is 5.86. The third kappa shape index (κ3) is 4.73. The number of rotatable bonds is 3. The van der Waals surface area contributed by atoms with Gasteiger partial charge in [0.15, 0.2) is 0 Å². The van der Waals surface area contributed by atoms with Crippen LogP contribution in [0.15, 0.2) is 0 Å². The molecule has 0 aromatic carbocycles. The van der Waals surface area contributed by atoms with Gasteiger partial charge in [0.25, 0.3) is 0 Å². The number of likely N-dealkylation sites (tertiary alicyclic amines) is 1. The standard InChI is InChI=1S/C14H26N2O3/c1-10(2)12(15-14(18)19-4)13(17)16-8-5-6-11(3)7-9-16/h10-12H,5-9H2,1-4H3,(H,15,18)/t11-,12-/m1/s1. The van der Waals surface area contributed by atoms with Gasteiger partial charge in [0.2, 0.25) is 5.91 Å². The number of nitrogens with zero attached hydrogens (tertiary/aromatic N) is 1. The molecule has 0 unspecified atom stereocenters. The Morgan fingerprint density at radius 1 is 1.26 bits per heavy atom. The van der Waals surface area contributed by atoms with Crippen LogP contribution in [-0.4, -0.2) is 43.1 Å². The van der Waals surface area contributed by atoms with E-state index in [4.69, 9.17) is 0 Å². The van der Waals surface area contributed by atoms with Crippen LogP contribution in [0.1, 0.15) is 40.0 Å². The SMILES string of the molecule is COC(=O)N[C@@H](C(=O)N1CCC[C@@H](C)CC1)C(C)C. The second-order valence-corrected chi connectivity index (χ2v) is 5.72. The summed E-state index contributed by atoms with van der Waals surface area (Å²) in [5.41, 5.74) is 0. The summed E-state index contributed by atoms with van der Waals surface area (Å²) in [5, 5.41) is 2.64. The minimum absolute atomic E-state index is 0.00880. The van der Waals surface area contributed by atoms with Crippen molar-refractivity contribution in [2.75, 3.05) is 20.2 Å². The van der Waals surface area contributed by atoms with Gasteiger partial charge in [-0.3, -0.25) is 4.79 Å². The molecule has 1 aliphatic heterocycles. The van der Waals surface area contributed by atoms with Gasteiger partial charge >= 0.3 is 6.09 Å². The van der Waals surface area contributed by atoms with E-state index >= 15 is 0 Å². The van der Waals surface area contributed by atoms with Crippen LogP contribution in [0.4, 0.5) is 4.79 Å². The molecule has 1 fully saturated rings. The second-order valence-electron chi connectivity index (χ2n) is 5.72. The predicted octanol–water partition coefficient (Wildman–Crippen LogP) is 2.02. The second kappa shape index (κ2) is 7.36. The molecule has 0 aromatic rings. The average molecular weight is 270 g/mol. The van der Waals surface area contributed by atoms with Gasteiger partial charge < -0.3 is 15.0 Å². The maximum absolute atomic E-state index is 12.5. The van der Waals surface area contributed by atoms with Crippen LogP contribution in [0.5, 0.6) is 0 Å². The van der Waals surface area contributed by atoms with Crippen LogP contribution >= 0.6 is 0 Å². The number of carbonyl (C=O) groups is 2. The van der Waals surface area contributed by atoms with Gasteiger partial charge in [0.05, 0.1) is 7.11 Å². The van der Waals surface area contributed by atoms with Crippen molar-refractivity contribution < 1.29 is 14.3 Å². The fourth-order valence-electron chi connectivity index (χ4n) is 2.38. The molecule has 110 valence electrons. The Morgan fingerprint density at radius 3 is 2.53 bits per heavy atom. The molecule has 0 bridgehead atoms. The van der Waals surface area contributed by atoms with Crippen LogP contribution in [0.3, 0.4) is 0 Å². The number of hydrogen-bond donors (Lipinski definition) is 1. The van der Waals surface area contributed by atoms with E-state index in [-0.39, 0.29) is 11.8 Å². The molecule has 19 heavy (non-hydrogen) atoms. The zero-order valence-corrected chi connectivity index (χ0v) is 12.4. The fraction of sp³-hybridized carbons (Fsp3) is 0.857. The Kier molecular flexibility index (Phi) is 6.12. The van der Waals surface area contributed by atoms with Gasteiger partial charge in [-0.2, -0.15) is 0 Å². The van der Waals surface area contributed by atoms with E-state index < -0.39 is 12.1 Å². The molecule has 5 nitrogen and oxygen atoms in total. The van der Waals surface area contributed by atoms with E-state index in [0.29, 0.717) is 5.92 Å². The van der Waals surface area contributed by atoms with Crippen molar-refractivity contribution in [2.45, 2.75) is 46.1 Å².